The topological polar surface area (TPSA) is 90.9 Å². The highest BCUT2D eigenvalue weighted by atomic mass is 16.5. The molecule has 0 bridgehead atoms. The summed E-state index contributed by atoms with van der Waals surface area (Å²) in [6, 6.07) is 9.68. The molecule has 30 heavy (non-hydrogen) atoms. The van der Waals surface area contributed by atoms with Gasteiger partial charge in [-0.2, -0.15) is 0 Å². The van der Waals surface area contributed by atoms with Gasteiger partial charge in [0.25, 0.3) is 0 Å². The molecule has 0 spiro atoms. The normalized spacial score (nSPS) is 17.8. The number of likely N-dealkylation sites (tertiary alicyclic amines) is 1. The Hall–Kier alpha value is -1.96. The van der Waals surface area contributed by atoms with Crippen molar-refractivity contribution >= 4 is 11.9 Å². The number of hydrogen-bond acceptors (Lipinski definition) is 6. The van der Waals surface area contributed by atoms with E-state index in [-0.39, 0.29) is 30.2 Å². The number of carboxylic acid groups (broad SMARTS) is 1. The van der Waals surface area contributed by atoms with Gasteiger partial charge in [-0.05, 0) is 18.4 Å². The maximum atomic E-state index is 12.6. The third-order valence-corrected chi connectivity index (χ3v) is 5.21. The molecular weight excluding hydrogens is 382 g/mol. The molecule has 2 atom stereocenters. The molecule has 2 rings (SSSR count). The standard InChI is InChI=1S/C23H37N3O4/c1-16(2)24-20(18-8-6-5-7-9-18)14-22(27)30-19-10-12-26(13-11-19)15-21(23(28)29)25-17(3)4/h5-9,16-17,19-21,24-25H,10-15H2,1-4H3,(H,28,29). The van der Waals surface area contributed by atoms with Gasteiger partial charge in [-0.1, -0.05) is 58.0 Å². The van der Waals surface area contributed by atoms with Crippen LogP contribution < -0.4 is 10.6 Å². The number of aliphatic carboxylic acids is 1. The van der Waals surface area contributed by atoms with Crippen molar-refractivity contribution in [2.75, 3.05) is 19.6 Å². The molecule has 0 amide bonds. The molecule has 0 aliphatic carbocycles. The van der Waals surface area contributed by atoms with E-state index in [4.69, 9.17) is 4.74 Å². The maximum absolute atomic E-state index is 12.6. The average Bonchev–Trinajstić information content (AvgIpc) is 2.68. The molecule has 1 aromatic carbocycles. The summed E-state index contributed by atoms with van der Waals surface area (Å²) in [5.74, 6) is -1.03. The maximum Gasteiger partial charge on any atom is 0.322 e. The van der Waals surface area contributed by atoms with E-state index >= 15 is 0 Å². The van der Waals surface area contributed by atoms with Crippen molar-refractivity contribution in [3.8, 4) is 0 Å². The predicted octanol–water partition coefficient (Wildman–Crippen LogP) is 2.57. The fourth-order valence-electron chi connectivity index (χ4n) is 3.83. The van der Waals surface area contributed by atoms with Gasteiger partial charge in [-0.25, -0.2) is 0 Å². The molecule has 1 fully saturated rings. The number of rotatable bonds is 11. The Morgan fingerprint density at radius 2 is 1.67 bits per heavy atom. The average molecular weight is 420 g/mol. The largest absolute Gasteiger partial charge is 0.480 e. The minimum Gasteiger partial charge on any atom is -0.480 e. The number of esters is 1. The fourth-order valence-corrected chi connectivity index (χ4v) is 3.83. The van der Waals surface area contributed by atoms with Crippen LogP contribution in [-0.4, -0.2) is 65.8 Å². The molecule has 1 heterocycles. The van der Waals surface area contributed by atoms with Crippen molar-refractivity contribution < 1.29 is 19.4 Å². The Labute approximate surface area is 180 Å². The molecule has 3 N–H and O–H groups in total. The van der Waals surface area contributed by atoms with E-state index in [0.717, 1.165) is 31.5 Å². The minimum atomic E-state index is -0.832. The number of carbonyl (C=O) groups excluding carboxylic acids is 1. The molecule has 7 heteroatoms. The summed E-state index contributed by atoms with van der Waals surface area (Å²) in [5.41, 5.74) is 1.08. The lowest BCUT2D eigenvalue weighted by Crippen LogP contribution is -2.50. The Balaban J connectivity index is 1.82. The molecular formula is C23H37N3O4. The van der Waals surface area contributed by atoms with Crippen LogP contribution in [0, 0.1) is 0 Å². The van der Waals surface area contributed by atoms with Crippen LogP contribution in [0.15, 0.2) is 30.3 Å². The number of hydrogen-bond donors (Lipinski definition) is 3. The Morgan fingerprint density at radius 1 is 1.07 bits per heavy atom. The predicted molar refractivity (Wildman–Crippen MR) is 117 cm³/mol. The van der Waals surface area contributed by atoms with E-state index in [2.05, 4.69) is 29.4 Å². The van der Waals surface area contributed by atoms with Crippen molar-refractivity contribution in [3.05, 3.63) is 35.9 Å². The van der Waals surface area contributed by atoms with Crippen LogP contribution in [0.1, 0.15) is 58.6 Å². The molecule has 1 aliphatic rings. The first-order chi connectivity index (χ1) is 14.2. The van der Waals surface area contributed by atoms with Crippen LogP contribution in [0.2, 0.25) is 0 Å². The van der Waals surface area contributed by atoms with Crippen LogP contribution in [0.3, 0.4) is 0 Å². The van der Waals surface area contributed by atoms with E-state index in [1.165, 1.54) is 0 Å². The zero-order valence-corrected chi connectivity index (χ0v) is 18.6. The lowest BCUT2D eigenvalue weighted by Gasteiger charge is -2.34. The van der Waals surface area contributed by atoms with Gasteiger partial charge >= 0.3 is 11.9 Å². The van der Waals surface area contributed by atoms with Gasteiger partial charge in [0.2, 0.25) is 0 Å². The summed E-state index contributed by atoms with van der Waals surface area (Å²) >= 11 is 0. The first-order valence-corrected chi connectivity index (χ1v) is 11.0. The summed E-state index contributed by atoms with van der Waals surface area (Å²) in [5, 5.41) is 15.9. The monoisotopic (exact) mass is 419 g/mol. The molecule has 0 radical (unpaired) electrons. The molecule has 1 saturated heterocycles. The van der Waals surface area contributed by atoms with Gasteiger partial charge in [-0.3, -0.25) is 9.59 Å². The lowest BCUT2D eigenvalue weighted by molar-refractivity contribution is -0.152. The zero-order valence-electron chi connectivity index (χ0n) is 18.6. The number of carboxylic acids is 1. The third kappa shape index (κ3) is 8.42. The smallest absolute Gasteiger partial charge is 0.322 e. The quantitative estimate of drug-likeness (QED) is 0.475. The van der Waals surface area contributed by atoms with Crippen molar-refractivity contribution in [1.82, 2.24) is 15.5 Å². The van der Waals surface area contributed by atoms with Gasteiger partial charge in [-0.15, -0.1) is 0 Å². The van der Waals surface area contributed by atoms with Gasteiger partial charge < -0.3 is 25.4 Å². The summed E-state index contributed by atoms with van der Waals surface area (Å²) in [6.45, 7) is 9.94. The second-order valence-electron chi connectivity index (χ2n) is 8.69. The van der Waals surface area contributed by atoms with E-state index < -0.39 is 12.0 Å². The highest BCUT2D eigenvalue weighted by molar-refractivity contribution is 5.73. The Kier molecular flexibility index (Phi) is 9.75. The second-order valence-corrected chi connectivity index (χ2v) is 8.69. The first kappa shape index (κ1) is 24.3. The minimum absolute atomic E-state index is 0.0720. The van der Waals surface area contributed by atoms with Crippen molar-refractivity contribution in [3.63, 3.8) is 0 Å². The second kappa shape index (κ2) is 12.0. The van der Waals surface area contributed by atoms with Crippen molar-refractivity contribution in [2.45, 2.75) is 77.2 Å². The number of piperidine rings is 1. The van der Waals surface area contributed by atoms with Crippen LogP contribution >= 0.6 is 0 Å². The van der Waals surface area contributed by atoms with Gasteiger partial charge in [0.05, 0.1) is 6.42 Å². The van der Waals surface area contributed by atoms with Crippen LogP contribution in [0.4, 0.5) is 0 Å². The Bertz CT molecular complexity index is 658. The molecule has 2 unspecified atom stereocenters. The molecule has 7 nitrogen and oxygen atoms in total. The molecule has 0 aromatic heterocycles. The number of nitrogens with one attached hydrogen (secondary N) is 2. The van der Waals surface area contributed by atoms with Crippen LogP contribution in [0.5, 0.6) is 0 Å². The first-order valence-electron chi connectivity index (χ1n) is 11.0. The van der Waals surface area contributed by atoms with E-state index in [9.17, 15) is 14.7 Å². The van der Waals surface area contributed by atoms with Gasteiger partial charge in [0.1, 0.15) is 12.1 Å². The van der Waals surface area contributed by atoms with Crippen LogP contribution in [0.25, 0.3) is 0 Å². The molecule has 1 aliphatic heterocycles. The number of ether oxygens (including phenoxy) is 1. The highest BCUT2D eigenvalue weighted by Crippen LogP contribution is 2.20. The van der Waals surface area contributed by atoms with Gasteiger partial charge in [0.15, 0.2) is 0 Å². The van der Waals surface area contributed by atoms with E-state index in [0.29, 0.717) is 13.0 Å². The van der Waals surface area contributed by atoms with Crippen LogP contribution in [-0.2, 0) is 14.3 Å². The number of nitrogens with zero attached hydrogens (tertiary/aromatic N) is 1. The van der Waals surface area contributed by atoms with E-state index in [1.54, 1.807) is 0 Å². The van der Waals surface area contributed by atoms with Gasteiger partial charge in [0, 0.05) is 37.8 Å². The number of benzene rings is 1. The summed E-state index contributed by atoms with van der Waals surface area (Å²) < 4.78 is 5.75. The molecule has 168 valence electrons. The zero-order chi connectivity index (χ0) is 22.1. The lowest BCUT2D eigenvalue weighted by atomic mass is 10.0. The molecule has 1 aromatic rings. The number of carbonyl (C=O) groups is 2. The molecule has 0 saturated carbocycles. The summed E-state index contributed by atoms with van der Waals surface area (Å²) in [6.07, 6.45) is 1.65. The summed E-state index contributed by atoms with van der Waals surface area (Å²) in [4.78, 5) is 26.2. The van der Waals surface area contributed by atoms with Crippen molar-refractivity contribution in [1.29, 1.82) is 0 Å². The van der Waals surface area contributed by atoms with Crippen molar-refractivity contribution in [2.24, 2.45) is 0 Å². The Morgan fingerprint density at radius 3 is 2.20 bits per heavy atom. The van der Waals surface area contributed by atoms with E-state index in [1.807, 2.05) is 44.2 Å². The SMILES string of the molecule is CC(C)NC(CN1CCC(OC(=O)CC(NC(C)C)c2ccccc2)CC1)C(=O)O. The fraction of sp³-hybridized carbons (Fsp3) is 0.652. The third-order valence-electron chi connectivity index (χ3n) is 5.21. The summed E-state index contributed by atoms with van der Waals surface area (Å²) in [7, 11) is 0. The highest BCUT2D eigenvalue weighted by Gasteiger charge is 2.27.